The van der Waals surface area contributed by atoms with E-state index in [0.29, 0.717) is 12.8 Å². The van der Waals surface area contributed by atoms with Crippen molar-refractivity contribution in [2.45, 2.75) is 50.7 Å². The number of hydrogen-bond donors (Lipinski definition) is 2. The van der Waals surface area contributed by atoms with Crippen LogP contribution in [0.5, 0.6) is 0 Å². The number of aliphatic hydroxyl groups excluding tert-OH is 1. The predicted molar refractivity (Wildman–Crippen MR) is 62.0 cm³/mol. The van der Waals surface area contributed by atoms with Crippen LogP contribution < -0.4 is 0 Å². The Morgan fingerprint density at radius 2 is 1.94 bits per heavy atom. The first-order valence-corrected chi connectivity index (χ1v) is 5.95. The highest BCUT2D eigenvalue weighted by Crippen LogP contribution is 2.37. The highest BCUT2D eigenvalue weighted by Gasteiger charge is 2.37. The fourth-order valence-corrected chi connectivity index (χ4v) is 2.39. The van der Waals surface area contributed by atoms with E-state index in [-0.39, 0.29) is 0 Å². The highest BCUT2D eigenvalue weighted by molar-refractivity contribution is 5.19. The summed E-state index contributed by atoms with van der Waals surface area (Å²) in [6.07, 6.45) is 5.36. The molecule has 1 saturated carbocycles. The molecule has 3 nitrogen and oxygen atoms in total. The van der Waals surface area contributed by atoms with E-state index >= 15 is 0 Å². The SMILES string of the molecule is Cc1ccc(C(O)C2(O)CCCCC2)cn1. The van der Waals surface area contributed by atoms with Crippen molar-refractivity contribution >= 4 is 0 Å². The molecule has 0 aromatic carbocycles. The van der Waals surface area contributed by atoms with Gasteiger partial charge in [-0.2, -0.15) is 0 Å². The van der Waals surface area contributed by atoms with Gasteiger partial charge in [-0.15, -0.1) is 0 Å². The van der Waals surface area contributed by atoms with Gasteiger partial charge in [0.05, 0.1) is 5.60 Å². The van der Waals surface area contributed by atoms with E-state index < -0.39 is 11.7 Å². The summed E-state index contributed by atoms with van der Waals surface area (Å²) >= 11 is 0. The molecule has 88 valence electrons. The molecule has 0 bridgehead atoms. The number of hydrogen-bond acceptors (Lipinski definition) is 3. The molecule has 16 heavy (non-hydrogen) atoms. The van der Waals surface area contributed by atoms with Gasteiger partial charge in [0.25, 0.3) is 0 Å². The molecule has 0 amide bonds. The largest absolute Gasteiger partial charge is 0.387 e. The third-order valence-corrected chi connectivity index (χ3v) is 3.48. The predicted octanol–water partition coefficient (Wildman–Crippen LogP) is 2.12. The molecule has 1 aliphatic carbocycles. The second-order valence-electron chi connectivity index (χ2n) is 4.80. The minimum absolute atomic E-state index is 0.683. The molecule has 1 heterocycles. The molecule has 1 fully saturated rings. The Morgan fingerprint density at radius 1 is 1.25 bits per heavy atom. The van der Waals surface area contributed by atoms with Gasteiger partial charge in [0.1, 0.15) is 6.10 Å². The Hall–Kier alpha value is -0.930. The van der Waals surface area contributed by atoms with Gasteiger partial charge < -0.3 is 10.2 Å². The van der Waals surface area contributed by atoms with Crippen molar-refractivity contribution in [1.29, 1.82) is 0 Å². The zero-order valence-corrected chi connectivity index (χ0v) is 9.69. The van der Waals surface area contributed by atoms with Gasteiger partial charge in [-0.1, -0.05) is 25.3 Å². The summed E-state index contributed by atoms with van der Waals surface area (Å²) in [5.41, 5.74) is 0.691. The van der Waals surface area contributed by atoms with Gasteiger partial charge in [-0.3, -0.25) is 4.98 Å². The van der Waals surface area contributed by atoms with Gasteiger partial charge in [-0.05, 0) is 25.8 Å². The molecular weight excluding hydrogens is 202 g/mol. The van der Waals surface area contributed by atoms with Crippen molar-refractivity contribution in [3.05, 3.63) is 29.6 Å². The number of aryl methyl sites for hydroxylation is 1. The molecule has 1 aliphatic rings. The molecule has 0 saturated heterocycles. The smallest absolute Gasteiger partial charge is 0.109 e. The standard InChI is InChI=1S/C13H19NO2/c1-10-5-6-11(9-14-10)12(15)13(16)7-3-2-4-8-13/h5-6,9,12,15-16H,2-4,7-8H2,1H3. The molecule has 0 radical (unpaired) electrons. The lowest BCUT2D eigenvalue weighted by atomic mass is 9.79. The molecule has 3 heteroatoms. The quantitative estimate of drug-likeness (QED) is 0.804. The van der Waals surface area contributed by atoms with Crippen molar-refractivity contribution in [1.82, 2.24) is 4.98 Å². The van der Waals surface area contributed by atoms with Gasteiger partial charge in [0.2, 0.25) is 0 Å². The van der Waals surface area contributed by atoms with E-state index in [2.05, 4.69) is 4.98 Å². The van der Waals surface area contributed by atoms with Crippen LogP contribution in [0.3, 0.4) is 0 Å². The summed E-state index contributed by atoms with van der Waals surface area (Å²) in [7, 11) is 0. The maximum absolute atomic E-state index is 10.4. The van der Waals surface area contributed by atoms with Crippen molar-refractivity contribution in [2.75, 3.05) is 0 Å². The minimum Gasteiger partial charge on any atom is -0.387 e. The van der Waals surface area contributed by atoms with E-state index in [4.69, 9.17) is 0 Å². The average Bonchev–Trinajstić information content (AvgIpc) is 2.30. The van der Waals surface area contributed by atoms with Crippen LogP contribution in [0.2, 0.25) is 0 Å². The third-order valence-electron chi connectivity index (χ3n) is 3.48. The Bertz CT molecular complexity index is 341. The average molecular weight is 221 g/mol. The number of pyridine rings is 1. The molecule has 1 aromatic rings. The number of aromatic nitrogens is 1. The Balaban J connectivity index is 2.16. The third kappa shape index (κ3) is 2.25. The van der Waals surface area contributed by atoms with E-state index in [1.54, 1.807) is 6.20 Å². The van der Waals surface area contributed by atoms with E-state index in [1.165, 1.54) is 0 Å². The fraction of sp³-hybridized carbons (Fsp3) is 0.615. The maximum Gasteiger partial charge on any atom is 0.109 e. The maximum atomic E-state index is 10.4. The first kappa shape index (κ1) is 11.6. The van der Waals surface area contributed by atoms with Crippen LogP contribution in [0.1, 0.15) is 49.5 Å². The zero-order chi connectivity index (χ0) is 11.6. The Labute approximate surface area is 96.2 Å². The number of nitrogens with zero attached hydrogens (tertiary/aromatic N) is 1. The van der Waals surface area contributed by atoms with Crippen LogP contribution in [0.4, 0.5) is 0 Å². The van der Waals surface area contributed by atoms with Crippen LogP contribution in [-0.2, 0) is 0 Å². The summed E-state index contributed by atoms with van der Waals surface area (Å²) in [5, 5.41) is 20.6. The topological polar surface area (TPSA) is 53.4 Å². The Kier molecular flexibility index (Phi) is 3.26. The number of rotatable bonds is 2. The summed E-state index contributed by atoms with van der Waals surface area (Å²) in [5.74, 6) is 0. The van der Waals surface area contributed by atoms with Crippen molar-refractivity contribution in [3.8, 4) is 0 Å². The van der Waals surface area contributed by atoms with Crippen LogP contribution in [-0.4, -0.2) is 20.8 Å². The summed E-state index contributed by atoms with van der Waals surface area (Å²) in [6.45, 7) is 1.91. The lowest BCUT2D eigenvalue weighted by molar-refractivity contribution is -0.0993. The second-order valence-corrected chi connectivity index (χ2v) is 4.80. The molecule has 0 spiro atoms. The van der Waals surface area contributed by atoms with Crippen molar-refractivity contribution in [3.63, 3.8) is 0 Å². The van der Waals surface area contributed by atoms with Gasteiger partial charge in [-0.25, -0.2) is 0 Å². The molecular formula is C13H19NO2. The molecule has 2 N–H and O–H groups in total. The summed E-state index contributed by atoms with van der Waals surface area (Å²) in [4.78, 5) is 4.16. The van der Waals surface area contributed by atoms with Crippen molar-refractivity contribution < 1.29 is 10.2 Å². The van der Waals surface area contributed by atoms with Crippen LogP contribution in [0, 0.1) is 6.92 Å². The molecule has 1 atom stereocenters. The normalized spacial score (nSPS) is 21.7. The van der Waals surface area contributed by atoms with Gasteiger partial charge in [0.15, 0.2) is 0 Å². The van der Waals surface area contributed by atoms with E-state index in [0.717, 1.165) is 30.5 Å². The summed E-state index contributed by atoms with van der Waals surface area (Å²) in [6, 6.07) is 3.71. The van der Waals surface area contributed by atoms with E-state index in [9.17, 15) is 10.2 Å². The zero-order valence-electron chi connectivity index (χ0n) is 9.69. The fourth-order valence-electron chi connectivity index (χ4n) is 2.39. The van der Waals surface area contributed by atoms with Crippen molar-refractivity contribution in [2.24, 2.45) is 0 Å². The lowest BCUT2D eigenvalue weighted by Gasteiger charge is -2.36. The Morgan fingerprint density at radius 3 is 2.50 bits per heavy atom. The second kappa shape index (κ2) is 4.52. The van der Waals surface area contributed by atoms with Crippen LogP contribution >= 0.6 is 0 Å². The first-order valence-electron chi connectivity index (χ1n) is 5.95. The highest BCUT2D eigenvalue weighted by atomic mass is 16.3. The summed E-state index contributed by atoms with van der Waals surface area (Å²) < 4.78 is 0. The minimum atomic E-state index is -0.949. The molecule has 1 unspecified atom stereocenters. The van der Waals surface area contributed by atoms with Crippen LogP contribution in [0.25, 0.3) is 0 Å². The molecule has 0 aliphatic heterocycles. The first-order chi connectivity index (χ1) is 7.62. The van der Waals surface area contributed by atoms with Gasteiger partial charge in [0, 0.05) is 17.5 Å². The van der Waals surface area contributed by atoms with Crippen LogP contribution in [0.15, 0.2) is 18.3 Å². The lowest BCUT2D eigenvalue weighted by Crippen LogP contribution is -2.38. The molecule has 1 aromatic heterocycles. The van der Waals surface area contributed by atoms with E-state index in [1.807, 2.05) is 19.1 Å². The number of aliphatic hydroxyl groups is 2. The monoisotopic (exact) mass is 221 g/mol. The molecule has 2 rings (SSSR count). The van der Waals surface area contributed by atoms with Gasteiger partial charge >= 0.3 is 0 Å².